The van der Waals surface area contributed by atoms with Gasteiger partial charge >= 0.3 is 0 Å². The van der Waals surface area contributed by atoms with Crippen molar-refractivity contribution < 1.29 is 0 Å². The summed E-state index contributed by atoms with van der Waals surface area (Å²) in [5, 5.41) is 1.19. The number of aromatic nitrogens is 2. The number of fused-ring (bicyclic) bond motifs is 1. The summed E-state index contributed by atoms with van der Waals surface area (Å²) >= 11 is 1.90. The molecule has 3 atom stereocenters. The first-order valence-electron chi connectivity index (χ1n) is 11.3. The lowest BCUT2D eigenvalue weighted by Crippen LogP contribution is -2.35. The largest absolute Gasteiger partial charge is 0.338 e. The lowest BCUT2D eigenvalue weighted by atomic mass is 9.95. The molecule has 4 nitrogen and oxygen atoms in total. The zero-order valence-corrected chi connectivity index (χ0v) is 19.6. The number of para-hydroxylation sites is 1. The smallest absolute Gasteiger partial charge is 0.160 e. The van der Waals surface area contributed by atoms with E-state index in [1.165, 1.54) is 33.4 Å². The number of hydrogen-bond donors (Lipinski definition) is 0. The highest BCUT2D eigenvalue weighted by atomic mass is 32.2. The molecule has 4 heterocycles. The Hall–Kier alpha value is -2.53. The van der Waals surface area contributed by atoms with Gasteiger partial charge < -0.3 is 9.47 Å². The van der Waals surface area contributed by atoms with Crippen LogP contribution in [0.15, 0.2) is 59.7 Å². The maximum atomic E-state index is 5.20. The van der Waals surface area contributed by atoms with Gasteiger partial charge in [-0.3, -0.25) is 9.98 Å². The van der Waals surface area contributed by atoms with Gasteiger partial charge in [-0.05, 0) is 62.1 Å². The van der Waals surface area contributed by atoms with Crippen LogP contribution in [-0.2, 0) is 6.42 Å². The van der Waals surface area contributed by atoms with Crippen molar-refractivity contribution in [1.29, 1.82) is 0 Å². The van der Waals surface area contributed by atoms with Crippen LogP contribution in [-0.4, -0.2) is 31.4 Å². The third kappa shape index (κ3) is 3.30. The number of pyridine rings is 1. The number of benzene rings is 1. The van der Waals surface area contributed by atoms with E-state index in [4.69, 9.17) is 9.98 Å². The number of aryl methyl sites for hydroxylation is 2. The quantitative estimate of drug-likeness (QED) is 0.495. The molecule has 0 spiro atoms. The molecule has 5 heteroatoms. The Labute approximate surface area is 189 Å². The van der Waals surface area contributed by atoms with Gasteiger partial charge in [0.2, 0.25) is 0 Å². The van der Waals surface area contributed by atoms with Crippen LogP contribution >= 0.6 is 11.8 Å². The Bertz CT molecular complexity index is 1120. The summed E-state index contributed by atoms with van der Waals surface area (Å²) in [5.41, 5.74) is 7.70. The van der Waals surface area contributed by atoms with Gasteiger partial charge in [0, 0.05) is 35.1 Å². The maximum Gasteiger partial charge on any atom is 0.160 e. The topological polar surface area (TPSA) is 33.4 Å². The molecule has 31 heavy (non-hydrogen) atoms. The molecule has 0 unspecified atom stereocenters. The third-order valence-electron chi connectivity index (χ3n) is 6.73. The van der Waals surface area contributed by atoms with Gasteiger partial charge in [0.1, 0.15) is 6.04 Å². The van der Waals surface area contributed by atoms with Crippen molar-refractivity contribution in [2.75, 3.05) is 5.75 Å². The summed E-state index contributed by atoms with van der Waals surface area (Å²) < 4.78 is 2.44. The molecule has 1 aromatic carbocycles. The molecule has 2 aromatic heterocycles. The Morgan fingerprint density at radius 1 is 1.06 bits per heavy atom. The lowest BCUT2D eigenvalue weighted by molar-refractivity contribution is 0.254. The highest BCUT2D eigenvalue weighted by molar-refractivity contribution is 8.14. The minimum Gasteiger partial charge on any atom is -0.338 e. The SMILES string of the molecule is CCc1ccccc1-n1c(C)cc([C@@H]2[C@H](c3ccccn3)N=C3SC[C@@H](CC)N32)c1C. The molecule has 0 bridgehead atoms. The van der Waals surface area contributed by atoms with Gasteiger partial charge in [-0.25, -0.2) is 0 Å². The average molecular weight is 431 g/mol. The van der Waals surface area contributed by atoms with Crippen molar-refractivity contribution in [2.45, 2.75) is 58.7 Å². The molecule has 0 aliphatic carbocycles. The molecule has 0 radical (unpaired) electrons. The minimum absolute atomic E-state index is 0.0356. The predicted octanol–water partition coefficient (Wildman–Crippen LogP) is 6.03. The van der Waals surface area contributed by atoms with Crippen LogP contribution in [0.4, 0.5) is 0 Å². The molecule has 0 amide bonds. The van der Waals surface area contributed by atoms with Crippen LogP contribution in [0.3, 0.4) is 0 Å². The first kappa shape index (κ1) is 20.4. The van der Waals surface area contributed by atoms with E-state index in [0.29, 0.717) is 6.04 Å². The molecule has 1 saturated heterocycles. The Balaban J connectivity index is 1.65. The van der Waals surface area contributed by atoms with Crippen molar-refractivity contribution >= 4 is 16.9 Å². The van der Waals surface area contributed by atoms with Gasteiger partial charge in [0.15, 0.2) is 5.17 Å². The van der Waals surface area contributed by atoms with Gasteiger partial charge in [-0.15, -0.1) is 0 Å². The van der Waals surface area contributed by atoms with Crippen LogP contribution < -0.4 is 0 Å². The zero-order valence-electron chi connectivity index (χ0n) is 18.7. The molecule has 2 aliphatic rings. The van der Waals surface area contributed by atoms with Crippen molar-refractivity contribution in [1.82, 2.24) is 14.5 Å². The van der Waals surface area contributed by atoms with Crippen LogP contribution in [0.25, 0.3) is 5.69 Å². The predicted molar refractivity (Wildman–Crippen MR) is 130 cm³/mol. The summed E-state index contributed by atoms with van der Waals surface area (Å²) in [4.78, 5) is 12.5. The molecule has 160 valence electrons. The Kier molecular flexibility index (Phi) is 5.39. The van der Waals surface area contributed by atoms with E-state index in [1.807, 2.05) is 24.0 Å². The fraction of sp³-hybridized carbons (Fsp3) is 0.385. The summed E-state index contributed by atoms with van der Waals surface area (Å²) in [6, 6.07) is 18.1. The van der Waals surface area contributed by atoms with Crippen LogP contribution in [0.1, 0.15) is 60.6 Å². The van der Waals surface area contributed by atoms with Crippen LogP contribution in [0.2, 0.25) is 0 Å². The standard InChI is InChI=1S/C26H30N4S/c1-5-19-11-7-8-13-23(19)29-17(3)15-21(18(29)4)25-24(22-12-9-10-14-27-22)28-26-30(25)20(6-2)16-31-26/h7-15,20,24-25H,5-6,16H2,1-4H3/t20-,24+,25-/m1/s1. The normalized spacial score (nSPS) is 22.6. The zero-order chi connectivity index (χ0) is 21.5. The molecule has 1 fully saturated rings. The van der Waals surface area contributed by atoms with Crippen molar-refractivity contribution in [3.8, 4) is 5.69 Å². The average Bonchev–Trinajstić information content (AvgIpc) is 3.45. The summed E-state index contributed by atoms with van der Waals surface area (Å²) in [7, 11) is 0. The van der Waals surface area contributed by atoms with E-state index in [2.05, 4.69) is 79.6 Å². The maximum absolute atomic E-state index is 5.20. The number of rotatable bonds is 5. The number of hydrogen-bond acceptors (Lipinski definition) is 4. The van der Waals surface area contributed by atoms with E-state index in [-0.39, 0.29) is 12.1 Å². The Morgan fingerprint density at radius 3 is 2.61 bits per heavy atom. The number of nitrogens with zero attached hydrogens (tertiary/aromatic N) is 4. The van der Waals surface area contributed by atoms with E-state index < -0.39 is 0 Å². The minimum atomic E-state index is 0.0356. The van der Waals surface area contributed by atoms with Crippen molar-refractivity contribution in [2.24, 2.45) is 4.99 Å². The van der Waals surface area contributed by atoms with Crippen LogP contribution in [0, 0.1) is 13.8 Å². The molecule has 5 rings (SSSR count). The van der Waals surface area contributed by atoms with Gasteiger partial charge in [-0.2, -0.15) is 0 Å². The fourth-order valence-corrected chi connectivity index (χ4v) is 6.51. The van der Waals surface area contributed by atoms with Crippen molar-refractivity contribution in [3.05, 3.63) is 82.9 Å². The summed E-state index contributed by atoms with van der Waals surface area (Å²) in [5.74, 6) is 1.12. The first-order chi connectivity index (χ1) is 15.1. The van der Waals surface area contributed by atoms with Crippen LogP contribution in [0.5, 0.6) is 0 Å². The van der Waals surface area contributed by atoms with E-state index in [0.717, 1.165) is 24.3 Å². The summed E-state index contributed by atoms with van der Waals surface area (Å²) in [6.07, 6.45) is 4.05. The number of aliphatic imine (C=N–C) groups is 1. The fourth-order valence-electron chi connectivity index (χ4n) is 5.17. The lowest BCUT2D eigenvalue weighted by Gasteiger charge is -2.32. The third-order valence-corrected chi connectivity index (χ3v) is 7.86. The molecule has 0 saturated carbocycles. The second-order valence-corrected chi connectivity index (χ2v) is 9.47. The van der Waals surface area contributed by atoms with E-state index in [9.17, 15) is 0 Å². The van der Waals surface area contributed by atoms with Crippen molar-refractivity contribution in [3.63, 3.8) is 0 Å². The van der Waals surface area contributed by atoms with Gasteiger partial charge in [0.25, 0.3) is 0 Å². The highest BCUT2D eigenvalue weighted by Crippen LogP contribution is 2.49. The molecular formula is C26H30N4S. The molecular weight excluding hydrogens is 400 g/mol. The number of amidine groups is 1. The van der Waals surface area contributed by atoms with Gasteiger partial charge in [-0.1, -0.05) is 49.9 Å². The Morgan fingerprint density at radius 2 is 1.87 bits per heavy atom. The second kappa shape index (κ2) is 8.19. The van der Waals surface area contributed by atoms with Gasteiger partial charge in [0.05, 0.1) is 11.7 Å². The monoisotopic (exact) mass is 430 g/mol. The van der Waals surface area contributed by atoms with E-state index in [1.54, 1.807) is 0 Å². The summed E-state index contributed by atoms with van der Waals surface area (Å²) in [6.45, 7) is 9.02. The molecule has 3 aromatic rings. The number of thioether (sulfide) groups is 1. The second-order valence-electron chi connectivity index (χ2n) is 8.48. The first-order valence-corrected chi connectivity index (χ1v) is 12.3. The molecule has 2 aliphatic heterocycles. The highest BCUT2D eigenvalue weighted by Gasteiger charge is 2.46. The van der Waals surface area contributed by atoms with E-state index >= 15 is 0 Å². The molecule has 0 N–H and O–H groups in total.